The molecule has 0 bridgehead atoms. The quantitative estimate of drug-likeness (QED) is 0.250. The first-order chi connectivity index (χ1) is 18.5. The molecule has 0 atom stereocenters. The number of benzene rings is 3. The number of Topliss-reactive ketones (excluding diaryl/α,β-unsaturated/α-hetero) is 1. The normalized spacial score (nSPS) is 13.3. The van der Waals surface area contributed by atoms with Crippen molar-refractivity contribution in [1.29, 1.82) is 0 Å². The number of amides is 1. The summed E-state index contributed by atoms with van der Waals surface area (Å²) < 4.78 is 7.32. The number of ketones is 1. The van der Waals surface area contributed by atoms with E-state index in [2.05, 4.69) is 10.6 Å². The Morgan fingerprint density at radius 3 is 2.32 bits per heavy atom. The predicted octanol–water partition coefficient (Wildman–Crippen LogP) is 6.55. The molecule has 1 amide bonds. The minimum absolute atomic E-state index is 0.0316. The Hall–Kier alpha value is -4.39. The molecule has 7 heteroatoms. The van der Waals surface area contributed by atoms with E-state index in [9.17, 15) is 9.59 Å². The Morgan fingerprint density at radius 1 is 0.947 bits per heavy atom. The van der Waals surface area contributed by atoms with Crippen LogP contribution < -0.4 is 15.4 Å². The number of methoxy groups -OCH3 is 1. The zero-order valence-corrected chi connectivity index (χ0v) is 21.7. The molecule has 4 aromatic rings. The van der Waals surface area contributed by atoms with Crippen LogP contribution in [0.1, 0.15) is 64.9 Å². The number of anilines is 2. The lowest BCUT2D eigenvalue weighted by Crippen LogP contribution is -2.23. The third-order valence-electron chi connectivity index (χ3n) is 7.00. The second kappa shape index (κ2) is 11.3. The number of hydrogen-bond donors (Lipinski definition) is 2. The largest absolute Gasteiger partial charge is 0.496 e. The number of carbonyl (C=O) groups excluding carboxylic acids is 2. The molecule has 2 N–H and O–H groups in total. The van der Waals surface area contributed by atoms with E-state index in [1.807, 2.05) is 71.4 Å². The second-order valence-corrected chi connectivity index (χ2v) is 9.58. The summed E-state index contributed by atoms with van der Waals surface area (Å²) in [5.41, 5.74) is 4.49. The van der Waals surface area contributed by atoms with Gasteiger partial charge in [0.2, 0.25) is 0 Å². The van der Waals surface area contributed by atoms with Crippen LogP contribution in [0, 0.1) is 0 Å². The van der Waals surface area contributed by atoms with Gasteiger partial charge in [-0.15, -0.1) is 0 Å². The van der Waals surface area contributed by atoms with Crippen LogP contribution in [0.4, 0.5) is 11.5 Å². The summed E-state index contributed by atoms with van der Waals surface area (Å²) in [4.78, 5) is 25.6. The predicted molar refractivity (Wildman–Crippen MR) is 149 cm³/mol. The molecule has 7 nitrogen and oxygen atoms in total. The lowest BCUT2D eigenvalue weighted by Gasteiger charge is -2.16. The van der Waals surface area contributed by atoms with Crippen molar-refractivity contribution in [2.24, 2.45) is 0 Å². The molecule has 0 unspecified atom stereocenters. The van der Waals surface area contributed by atoms with Crippen LogP contribution in [0.2, 0.25) is 0 Å². The third kappa shape index (κ3) is 5.32. The van der Waals surface area contributed by atoms with Crippen LogP contribution in [0.5, 0.6) is 5.75 Å². The van der Waals surface area contributed by atoms with Crippen molar-refractivity contribution in [1.82, 2.24) is 15.1 Å². The first-order valence-corrected chi connectivity index (χ1v) is 13.0. The maximum atomic E-state index is 13.0. The van der Waals surface area contributed by atoms with E-state index in [1.165, 1.54) is 0 Å². The van der Waals surface area contributed by atoms with E-state index in [4.69, 9.17) is 9.84 Å². The van der Waals surface area contributed by atoms with Crippen LogP contribution in [0.3, 0.4) is 0 Å². The molecule has 1 saturated carbocycles. The van der Waals surface area contributed by atoms with Crippen LogP contribution >= 0.6 is 0 Å². The van der Waals surface area contributed by atoms with Gasteiger partial charge in [-0.05, 0) is 49.6 Å². The summed E-state index contributed by atoms with van der Waals surface area (Å²) >= 11 is 0. The number of hydrogen-bond acceptors (Lipinski definition) is 5. The van der Waals surface area contributed by atoms with E-state index in [1.54, 1.807) is 26.2 Å². The number of ether oxygens (including phenoxy) is 1. The Labute approximate surface area is 222 Å². The smallest absolute Gasteiger partial charge is 0.255 e. The van der Waals surface area contributed by atoms with Gasteiger partial charge in [-0.2, -0.15) is 5.10 Å². The molecule has 3 aromatic carbocycles. The summed E-state index contributed by atoms with van der Waals surface area (Å²) in [7, 11) is 1.55. The molecule has 5 rings (SSSR count). The van der Waals surface area contributed by atoms with Crippen molar-refractivity contribution in [3.63, 3.8) is 0 Å². The number of aromatic nitrogens is 2. The van der Waals surface area contributed by atoms with Crippen LogP contribution in [0.25, 0.3) is 11.3 Å². The van der Waals surface area contributed by atoms with Crippen molar-refractivity contribution < 1.29 is 14.3 Å². The summed E-state index contributed by atoms with van der Waals surface area (Å²) in [6.45, 7) is 1.96. The minimum atomic E-state index is -0.197. The molecule has 1 aliphatic rings. The van der Waals surface area contributed by atoms with Gasteiger partial charge in [-0.3, -0.25) is 9.59 Å². The topological polar surface area (TPSA) is 85.2 Å². The lowest BCUT2D eigenvalue weighted by molar-refractivity contribution is 0.0947. The fraction of sp³-hybridized carbons (Fsp3) is 0.258. The molecule has 0 spiro atoms. The zero-order chi connectivity index (χ0) is 26.5. The van der Waals surface area contributed by atoms with Crippen molar-refractivity contribution in [2.45, 2.75) is 45.2 Å². The number of rotatable bonds is 9. The van der Waals surface area contributed by atoms with Crippen LogP contribution in [0.15, 0.2) is 78.9 Å². The van der Waals surface area contributed by atoms with Crippen molar-refractivity contribution in [3.05, 3.63) is 95.6 Å². The Morgan fingerprint density at radius 2 is 1.63 bits per heavy atom. The fourth-order valence-electron chi connectivity index (χ4n) is 5.05. The molecule has 38 heavy (non-hydrogen) atoms. The van der Waals surface area contributed by atoms with Gasteiger partial charge in [-0.1, -0.05) is 67.4 Å². The van der Waals surface area contributed by atoms with Crippen LogP contribution in [-0.2, 0) is 6.54 Å². The van der Waals surface area contributed by atoms with Gasteiger partial charge in [0.1, 0.15) is 17.3 Å². The molecule has 194 valence electrons. The minimum Gasteiger partial charge on any atom is -0.496 e. The SMILES string of the molecule is COc1ccccc1C(=O)NCc1ccc(-c2nn(C3CCCC3)c(Nc3ccccc3)c2C(C)=O)cc1. The monoisotopic (exact) mass is 508 g/mol. The number of nitrogens with zero attached hydrogens (tertiary/aromatic N) is 2. The van der Waals surface area contributed by atoms with Gasteiger partial charge >= 0.3 is 0 Å². The Bertz CT molecular complexity index is 1420. The van der Waals surface area contributed by atoms with Gasteiger partial charge in [0.05, 0.1) is 24.3 Å². The molecular formula is C31H32N4O3. The summed E-state index contributed by atoms with van der Waals surface area (Å²) in [5, 5.41) is 11.4. The molecule has 1 aliphatic carbocycles. The maximum absolute atomic E-state index is 13.0. The molecule has 1 aromatic heterocycles. The number of nitrogens with one attached hydrogen (secondary N) is 2. The van der Waals surface area contributed by atoms with Crippen molar-refractivity contribution in [2.75, 3.05) is 12.4 Å². The van der Waals surface area contributed by atoms with Gasteiger partial charge < -0.3 is 15.4 Å². The van der Waals surface area contributed by atoms with Gasteiger partial charge in [0.25, 0.3) is 5.91 Å². The molecular weight excluding hydrogens is 476 g/mol. The third-order valence-corrected chi connectivity index (χ3v) is 7.00. The summed E-state index contributed by atoms with van der Waals surface area (Å²) in [5.74, 6) is 1.06. The van der Waals surface area contributed by atoms with Gasteiger partial charge in [-0.25, -0.2) is 4.68 Å². The van der Waals surface area contributed by atoms with E-state index in [-0.39, 0.29) is 17.7 Å². The average Bonchev–Trinajstić information content (AvgIpc) is 3.61. The van der Waals surface area contributed by atoms with E-state index >= 15 is 0 Å². The first kappa shape index (κ1) is 25.3. The number of para-hydroxylation sites is 2. The van der Waals surface area contributed by atoms with Crippen molar-refractivity contribution >= 4 is 23.2 Å². The maximum Gasteiger partial charge on any atom is 0.255 e. The Kier molecular flexibility index (Phi) is 7.54. The lowest BCUT2D eigenvalue weighted by atomic mass is 10.0. The van der Waals surface area contributed by atoms with E-state index in [0.29, 0.717) is 29.1 Å². The molecule has 0 radical (unpaired) electrons. The highest BCUT2D eigenvalue weighted by atomic mass is 16.5. The first-order valence-electron chi connectivity index (χ1n) is 13.0. The van der Waals surface area contributed by atoms with E-state index in [0.717, 1.165) is 48.3 Å². The van der Waals surface area contributed by atoms with Gasteiger partial charge in [0, 0.05) is 17.8 Å². The van der Waals surface area contributed by atoms with E-state index < -0.39 is 0 Å². The van der Waals surface area contributed by atoms with Crippen LogP contribution in [-0.4, -0.2) is 28.6 Å². The second-order valence-electron chi connectivity index (χ2n) is 9.58. The molecule has 1 heterocycles. The summed E-state index contributed by atoms with van der Waals surface area (Å²) in [6.07, 6.45) is 4.42. The zero-order valence-electron chi connectivity index (χ0n) is 21.7. The fourth-order valence-corrected chi connectivity index (χ4v) is 5.05. The van der Waals surface area contributed by atoms with Crippen molar-refractivity contribution in [3.8, 4) is 17.0 Å². The Balaban J connectivity index is 1.41. The molecule has 1 fully saturated rings. The number of carbonyl (C=O) groups is 2. The standard InChI is InChI=1S/C31H32N4O3/c1-21(36)28-29(34-35(25-12-6-7-13-25)30(28)33-24-10-4-3-5-11-24)23-18-16-22(17-19-23)20-32-31(37)26-14-8-9-15-27(26)38-2/h3-5,8-11,14-19,25,33H,6-7,12-13,20H2,1-2H3,(H,32,37). The highest BCUT2D eigenvalue weighted by molar-refractivity contribution is 6.05. The summed E-state index contributed by atoms with van der Waals surface area (Å²) in [6, 6.07) is 25.1. The molecule has 0 saturated heterocycles. The molecule has 0 aliphatic heterocycles. The van der Waals surface area contributed by atoms with Gasteiger partial charge in [0.15, 0.2) is 5.78 Å². The highest BCUT2D eigenvalue weighted by Gasteiger charge is 2.28. The highest BCUT2D eigenvalue weighted by Crippen LogP contribution is 2.38. The average molecular weight is 509 g/mol.